The smallest absolute Gasteiger partial charge is 0.406 e. The Hall–Kier alpha value is -0.275. The Balaban J connectivity index is 2.57. The number of hydrogen-bond acceptors (Lipinski definition) is 2. The first kappa shape index (κ1) is 11.8. The monoisotopic (exact) mass is 196 g/mol. The van der Waals surface area contributed by atoms with Gasteiger partial charge in [0, 0.05) is 6.42 Å². The molecule has 80 valence electrons. The molecule has 0 aliphatic carbocycles. The fourth-order valence-corrected chi connectivity index (χ4v) is 2.22. The van der Waals surface area contributed by atoms with Gasteiger partial charge in [0.15, 0.2) is 0 Å². The number of hydrogen-bond donors (Lipinski definition) is 0. The van der Waals surface area contributed by atoms with E-state index in [1.54, 1.807) is 0 Å². The van der Waals surface area contributed by atoms with E-state index in [2.05, 4.69) is 34.3 Å². The van der Waals surface area contributed by atoms with Crippen LogP contribution in [0.15, 0.2) is 12.7 Å². The van der Waals surface area contributed by atoms with Crippen molar-refractivity contribution in [1.29, 1.82) is 0 Å². The lowest BCUT2D eigenvalue weighted by Crippen LogP contribution is -2.51. The van der Waals surface area contributed by atoms with Crippen LogP contribution in [-0.4, -0.2) is 18.3 Å². The third kappa shape index (κ3) is 3.47. The van der Waals surface area contributed by atoms with Gasteiger partial charge in [-0.05, 0) is 40.4 Å². The first-order chi connectivity index (χ1) is 6.35. The van der Waals surface area contributed by atoms with Gasteiger partial charge < -0.3 is 9.31 Å². The van der Waals surface area contributed by atoms with Gasteiger partial charge >= 0.3 is 7.12 Å². The summed E-state index contributed by atoms with van der Waals surface area (Å²) in [7, 11) is -0.0771. The molecule has 0 saturated carbocycles. The molecule has 1 heterocycles. The maximum absolute atomic E-state index is 5.84. The highest BCUT2D eigenvalue weighted by Gasteiger charge is 2.41. The number of rotatable bonds is 3. The summed E-state index contributed by atoms with van der Waals surface area (Å²) >= 11 is 0. The van der Waals surface area contributed by atoms with Crippen LogP contribution in [0.1, 0.15) is 40.5 Å². The molecular formula is C11H21BO2. The van der Waals surface area contributed by atoms with Crippen molar-refractivity contribution in [2.75, 3.05) is 0 Å². The molecule has 1 fully saturated rings. The van der Waals surface area contributed by atoms with Crippen molar-refractivity contribution in [3.8, 4) is 0 Å². The van der Waals surface area contributed by atoms with Gasteiger partial charge in [-0.3, -0.25) is 0 Å². The summed E-state index contributed by atoms with van der Waals surface area (Å²) in [5.41, 5.74) is -0.152. The van der Waals surface area contributed by atoms with Crippen molar-refractivity contribution in [3.05, 3.63) is 12.7 Å². The molecule has 0 aromatic heterocycles. The van der Waals surface area contributed by atoms with Gasteiger partial charge in [-0.2, -0.15) is 0 Å². The Morgan fingerprint density at radius 3 is 2.14 bits per heavy atom. The lowest BCUT2D eigenvalue weighted by molar-refractivity contribution is -0.0766. The average molecular weight is 196 g/mol. The summed E-state index contributed by atoms with van der Waals surface area (Å²) in [5.74, 6) is 0. The van der Waals surface area contributed by atoms with Gasteiger partial charge in [0.05, 0.1) is 11.2 Å². The highest BCUT2D eigenvalue weighted by Crippen LogP contribution is 2.34. The minimum absolute atomic E-state index is 0.0758. The van der Waals surface area contributed by atoms with E-state index in [0.717, 1.165) is 19.2 Å². The quantitative estimate of drug-likeness (QED) is 0.510. The van der Waals surface area contributed by atoms with Crippen LogP contribution < -0.4 is 0 Å². The van der Waals surface area contributed by atoms with Gasteiger partial charge in [0.1, 0.15) is 0 Å². The first-order valence-corrected chi connectivity index (χ1v) is 5.31. The Kier molecular flexibility index (Phi) is 3.43. The zero-order valence-electron chi connectivity index (χ0n) is 9.80. The second kappa shape index (κ2) is 4.07. The molecule has 0 amide bonds. The lowest BCUT2D eigenvalue weighted by atomic mass is 9.75. The van der Waals surface area contributed by atoms with Crippen LogP contribution in [0, 0.1) is 0 Å². The van der Waals surface area contributed by atoms with E-state index < -0.39 is 0 Å². The third-order valence-corrected chi connectivity index (χ3v) is 2.36. The van der Waals surface area contributed by atoms with Gasteiger partial charge in [0.25, 0.3) is 0 Å². The van der Waals surface area contributed by atoms with Crippen LogP contribution in [0.25, 0.3) is 0 Å². The molecule has 14 heavy (non-hydrogen) atoms. The molecule has 0 N–H and O–H groups in total. The first-order valence-electron chi connectivity index (χ1n) is 5.31. The summed E-state index contributed by atoms with van der Waals surface area (Å²) in [4.78, 5) is 0. The normalized spacial score (nSPS) is 24.7. The van der Waals surface area contributed by atoms with E-state index in [1.807, 2.05) is 6.08 Å². The lowest BCUT2D eigenvalue weighted by Gasteiger charge is -2.44. The molecule has 0 aromatic carbocycles. The predicted octanol–water partition coefficient (Wildman–Crippen LogP) is 3.04. The highest BCUT2D eigenvalue weighted by atomic mass is 16.6. The van der Waals surface area contributed by atoms with E-state index in [1.165, 1.54) is 0 Å². The standard InChI is InChI=1S/C11H21BO2/c1-6-7-8-12-13-10(2,3)9-11(4,5)14-12/h6H,1,7-9H2,2-5H3. The fourth-order valence-electron chi connectivity index (χ4n) is 2.22. The summed E-state index contributed by atoms with van der Waals surface area (Å²) < 4.78 is 11.7. The van der Waals surface area contributed by atoms with Gasteiger partial charge in [-0.15, -0.1) is 6.58 Å². The van der Waals surface area contributed by atoms with Crippen molar-refractivity contribution in [1.82, 2.24) is 0 Å². The summed E-state index contributed by atoms with van der Waals surface area (Å²) in [5, 5.41) is 0. The average Bonchev–Trinajstić information content (AvgIpc) is 1.94. The maximum atomic E-state index is 5.84. The maximum Gasteiger partial charge on any atom is 0.457 e. The zero-order chi connectivity index (χ0) is 10.8. The van der Waals surface area contributed by atoms with Crippen LogP contribution >= 0.6 is 0 Å². The van der Waals surface area contributed by atoms with Crippen LogP contribution in [0.4, 0.5) is 0 Å². The molecule has 3 heteroatoms. The topological polar surface area (TPSA) is 18.5 Å². The second-order valence-electron chi connectivity index (χ2n) is 5.23. The molecule has 0 aromatic rings. The van der Waals surface area contributed by atoms with Crippen LogP contribution in [-0.2, 0) is 9.31 Å². The van der Waals surface area contributed by atoms with Gasteiger partial charge in [-0.25, -0.2) is 0 Å². The summed E-state index contributed by atoms with van der Waals surface area (Å²) in [6.07, 6.45) is 4.68. The molecule has 0 spiro atoms. The van der Waals surface area contributed by atoms with E-state index in [9.17, 15) is 0 Å². The molecule has 0 atom stereocenters. The zero-order valence-corrected chi connectivity index (χ0v) is 9.80. The molecule has 2 nitrogen and oxygen atoms in total. The Morgan fingerprint density at radius 1 is 1.21 bits per heavy atom. The van der Waals surface area contributed by atoms with E-state index in [0.29, 0.717) is 0 Å². The van der Waals surface area contributed by atoms with E-state index >= 15 is 0 Å². The van der Waals surface area contributed by atoms with Crippen LogP contribution in [0.5, 0.6) is 0 Å². The van der Waals surface area contributed by atoms with Crippen molar-refractivity contribution in [3.63, 3.8) is 0 Å². The van der Waals surface area contributed by atoms with Crippen molar-refractivity contribution in [2.45, 2.75) is 58.1 Å². The Labute approximate surface area is 87.8 Å². The van der Waals surface area contributed by atoms with E-state index in [4.69, 9.17) is 9.31 Å². The fraction of sp³-hybridized carbons (Fsp3) is 0.818. The molecule has 0 radical (unpaired) electrons. The van der Waals surface area contributed by atoms with Crippen molar-refractivity contribution < 1.29 is 9.31 Å². The summed E-state index contributed by atoms with van der Waals surface area (Å²) in [6, 6.07) is 0. The third-order valence-electron chi connectivity index (χ3n) is 2.36. The summed E-state index contributed by atoms with van der Waals surface area (Å²) in [6.45, 7) is 12.2. The largest absolute Gasteiger partial charge is 0.457 e. The van der Waals surface area contributed by atoms with E-state index in [-0.39, 0.29) is 18.3 Å². The highest BCUT2D eigenvalue weighted by molar-refractivity contribution is 6.44. The molecule has 1 aliphatic rings. The molecule has 0 unspecified atom stereocenters. The van der Waals surface area contributed by atoms with Gasteiger partial charge in [0.2, 0.25) is 0 Å². The minimum Gasteiger partial charge on any atom is -0.406 e. The second-order valence-corrected chi connectivity index (χ2v) is 5.23. The Bertz CT molecular complexity index is 195. The molecule has 1 rings (SSSR count). The van der Waals surface area contributed by atoms with Crippen LogP contribution in [0.2, 0.25) is 6.32 Å². The Morgan fingerprint density at radius 2 is 1.71 bits per heavy atom. The molecular weight excluding hydrogens is 175 g/mol. The molecule has 1 aliphatic heterocycles. The molecule has 0 bridgehead atoms. The molecule has 1 saturated heterocycles. The minimum atomic E-state index is -0.0771. The van der Waals surface area contributed by atoms with Gasteiger partial charge in [-0.1, -0.05) is 6.08 Å². The van der Waals surface area contributed by atoms with Crippen LogP contribution in [0.3, 0.4) is 0 Å². The van der Waals surface area contributed by atoms with Crippen molar-refractivity contribution in [2.24, 2.45) is 0 Å². The number of allylic oxidation sites excluding steroid dienone is 1. The van der Waals surface area contributed by atoms with Crippen molar-refractivity contribution >= 4 is 7.12 Å². The predicted molar refractivity (Wildman–Crippen MR) is 60.3 cm³/mol. The SMILES string of the molecule is C=CCCB1OC(C)(C)CC(C)(C)O1.